The minimum atomic E-state index is 0.0880. The van der Waals surface area contributed by atoms with E-state index in [1.54, 1.807) is 11.8 Å². The second-order valence-corrected chi connectivity index (χ2v) is 9.49. The number of carbonyl (C=O) groups excluding carboxylic acids is 1. The van der Waals surface area contributed by atoms with Crippen LogP contribution in [0, 0.1) is 0 Å². The number of fused-ring (bicyclic) bond motifs is 1. The van der Waals surface area contributed by atoms with E-state index in [-0.39, 0.29) is 5.91 Å². The zero-order valence-corrected chi connectivity index (χ0v) is 18.0. The van der Waals surface area contributed by atoms with Crippen LogP contribution >= 0.6 is 23.1 Å². The van der Waals surface area contributed by atoms with Gasteiger partial charge in [0.2, 0.25) is 0 Å². The highest BCUT2D eigenvalue weighted by Crippen LogP contribution is 2.31. The number of hydrogen-bond donors (Lipinski definition) is 2. The summed E-state index contributed by atoms with van der Waals surface area (Å²) in [4.78, 5) is 19.9. The summed E-state index contributed by atoms with van der Waals surface area (Å²) in [5, 5.41) is 4.35. The van der Waals surface area contributed by atoms with Crippen molar-refractivity contribution in [1.29, 1.82) is 0 Å². The van der Waals surface area contributed by atoms with E-state index < -0.39 is 0 Å². The van der Waals surface area contributed by atoms with E-state index in [0.29, 0.717) is 12.5 Å². The zero-order chi connectivity index (χ0) is 20.1. The SMILES string of the molecule is C=CCSc1ccccc1NC(=O)C[NH+]1CCC(c2nc3ccccc3s2)CC1. The third kappa shape index (κ3) is 5.07. The molecule has 29 heavy (non-hydrogen) atoms. The molecule has 0 bridgehead atoms. The van der Waals surface area contributed by atoms with Gasteiger partial charge in [-0.2, -0.15) is 0 Å². The van der Waals surface area contributed by atoms with E-state index in [9.17, 15) is 4.79 Å². The summed E-state index contributed by atoms with van der Waals surface area (Å²) in [6.45, 7) is 6.32. The van der Waals surface area contributed by atoms with Crippen LogP contribution in [0.2, 0.25) is 0 Å². The molecule has 1 amide bonds. The van der Waals surface area contributed by atoms with Gasteiger partial charge in [-0.25, -0.2) is 4.98 Å². The van der Waals surface area contributed by atoms with Gasteiger partial charge in [0.05, 0.1) is 34.0 Å². The Morgan fingerprint density at radius 2 is 1.97 bits per heavy atom. The summed E-state index contributed by atoms with van der Waals surface area (Å²) < 4.78 is 1.27. The van der Waals surface area contributed by atoms with Crippen LogP contribution < -0.4 is 10.2 Å². The Kier molecular flexibility index (Phi) is 6.64. The van der Waals surface area contributed by atoms with E-state index in [1.165, 1.54) is 14.6 Å². The van der Waals surface area contributed by atoms with E-state index in [2.05, 4.69) is 30.1 Å². The zero-order valence-electron chi connectivity index (χ0n) is 16.4. The first-order valence-corrected chi connectivity index (χ1v) is 11.8. The number of anilines is 1. The number of hydrogen-bond acceptors (Lipinski definition) is 4. The lowest BCUT2D eigenvalue weighted by Crippen LogP contribution is -3.14. The molecule has 3 aromatic rings. The molecule has 2 aromatic carbocycles. The highest BCUT2D eigenvalue weighted by Gasteiger charge is 2.27. The van der Waals surface area contributed by atoms with Gasteiger partial charge < -0.3 is 10.2 Å². The molecule has 4 nitrogen and oxygen atoms in total. The number of thioether (sulfide) groups is 1. The van der Waals surface area contributed by atoms with Crippen molar-refractivity contribution in [2.45, 2.75) is 23.7 Å². The van der Waals surface area contributed by atoms with Crippen molar-refractivity contribution in [3.05, 3.63) is 66.2 Å². The summed E-state index contributed by atoms with van der Waals surface area (Å²) >= 11 is 3.51. The fourth-order valence-electron chi connectivity index (χ4n) is 3.78. The molecule has 0 atom stereocenters. The molecule has 0 unspecified atom stereocenters. The molecule has 0 spiro atoms. The summed E-state index contributed by atoms with van der Waals surface area (Å²) in [5.74, 6) is 1.44. The van der Waals surface area contributed by atoms with Gasteiger partial charge in [0.15, 0.2) is 6.54 Å². The number of likely N-dealkylation sites (tertiary alicyclic amines) is 1. The predicted octanol–water partition coefficient (Wildman–Crippen LogP) is 3.98. The normalized spacial score (nSPS) is 19.2. The van der Waals surface area contributed by atoms with Gasteiger partial charge in [-0.05, 0) is 24.3 Å². The summed E-state index contributed by atoms with van der Waals surface area (Å²) in [7, 11) is 0. The molecule has 1 aromatic heterocycles. The van der Waals surface area contributed by atoms with Crippen LogP contribution in [0.15, 0.2) is 66.1 Å². The van der Waals surface area contributed by atoms with Gasteiger partial charge in [0.1, 0.15) is 0 Å². The molecule has 0 radical (unpaired) electrons. The maximum atomic E-state index is 12.6. The van der Waals surface area contributed by atoms with E-state index >= 15 is 0 Å². The van der Waals surface area contributed by atoms with Crippen molar-refractivity contribution >= 4 is 44.9 Å². The molecule has 1 aliphatic heterocycles. The number of amides is 1. The molecule has 0 saturated carbocycles. The van der Waals surface area contributed by atoms with Crippen molar-refractivity contribution in [2.24, 2.45) is 0 Å². The molecular formula is C23H26N3OS2+. The molecule has 150 valence electrons. The number of nitrogens with one attached hydrogen (secondary N) is 2. The highest BCUT2D eigenvalue weighted by molar-refractivity contribution is 7.99. The Bertz CT molecular complexity index is 959. The third-order valence-corrected chi connectivity index (χ3v) is 7.55. The van der Waals surface area contributed by atoms with Crippen LogP contribution in [0.25, 0.3) is 10.2 Å². The third-order valence-electron chi connectivity index (χ3n) is 5.28. The molecule has 1 fully saturated rings. The molecule has 1 aliphatic rings. The van der Waals surface area contributed by atoms with Crippen LogP contribution in [0.4, 0.5) is 5.69 Å². The first kappa shape index (κ1) is 20.1. The molecule has 2 heterocycles. The first-order valence-electron chi connectivity index (χ1n) is 10.0. The number of nitrogens with zero attached hydrogens (tertiary/aromatic N) is 1. The van der Waals surface area contributed by atoms with Gasteiger partial charge in [-0.15, -0.1) is 29.7 Å². The Morgan fingerprint density at radius 1 is 1.21 bits per heavy atom. The lowest BCUT2D eigenvalue weighted by atomic mass is 9.97. The van der Waals surface area contributed by atoms with Gasteiger partial charge in [-0.1, -0.05) is 30.3 Å². The van der Waals surface area contributed by atoms with Gasteiger partial charge in [0.25, 0.3) is 5.91 Å². The van der Waals surface area contributed by atoms with Crippen LogP contribution in [-0.2, 0) is 4.79 Å². The Labute approximate surface area is 180 Å². The minimum Gasteiger partial charge on any atom is -0.327 e. The Hall–Kier alpha value is -2.15. The minimum absolute atomic E-state index is 0.0880. The average Bonchev–Trinajstić information content (AvgIpc) is 3.18. The number of quaternary nitrogens is 1. The summed E-state index contributed by atoms with van der Waals surface area (Å²) in [6, 6.07) is 16.3. The lowest BCUT2D eigenvalue weighted by Gasteiger charge is -2.27. The maximum Gasteiger partial charge on any atom is 0.279 e. The number of aromatic nitrogens is 1. The summed E-state index contributed by atoms with van der Waals surface area (Å²) in [6.07, 6.45) is 4.06. The van der Waals surface area contributed by atoms with Crippen molar-refractivity contribution in [1.82, 2.24) is 4.98 Å². The number of thiazole rings is 1. The monoisotopic (exact) mass is 424 g/mol. The van der Waals surface area contributed by atoms with E-state index in [0.717, 1.165) is 47.8 Å². The molecule has 2 N–H and O–H groups in total. The van der Waals surface area contributed by atoms with Gasteiger partial charge >= 0.3 is 0 Å². The second-order valence-electron chi connectivity index (χ2n) is 7.36. The Morgan fingerprint density at radius 3 is 2.76 bits per heavy atom. The van der Waals surface area contributed by atoms with E-state index in [1.807, 2.05) is 47.7 Å². The van der Waals surface area contributed by atoms with Crippen molar-refractivity contribution in [2.75, 3.05) is 30.7 Å². The second kappa shape index (κ2) is 9.57. The topological polar surface area (TPSA) is 46.4 Å². The Balaban J connectivity index is 1.30. The van der Waals surface area contributed by atoms with Crippen molar-refractivity contribution in [3.63, 3.8) is 0 Å². The summed E-state index contributed by atoms with van der Waals surface area (Å²) in [5.41, 5.74) is 2.00. The number of benzene rings is 2. The quantitative estimate of drug-likeness (QED) is 0.446. The van der Waals surface area contributed by atoms with Gasteiger partial charge in [-0.3, -0.25) is 4.79 Å². The van der Waals surface area contributed by atoms with Crippen LogP contribution in [0.1, 0.15) is 23.8 Å². The van der Waals surface area contributed by atoms with Crippen LogP contribution in [-0.4, -0.2) is 36.3 Å². The molecule has 6 heteroatoms. The number of rotatable bonds is 7. The number of carbonyl (C=O) groups is 1. The van der Waals surface area contributed by atoms with Crippen LogP contribution in [0.5, 0.6) is 0 Å². The lowest BCUT2D eigenvalue weighted by molar-refractivity contribution is -0.897. The average molecular weight is 425 g/mol. The smallest absolute Gasteiger partial charge is 0.279 e. The number of para-hydroxylation sites is 2. The fraction of sp³-hybridized carbons (Fsp3) is 0.304. The molecule has 1 saturated heterocycles. The number of piperidine rings is 1. The molecular weight excluding hydrogens is 398 g/mol. The highest BCUT2D eigenvalue weighted by atomic mass is 32.2. The molecule has 4 rings (SSSR count). The predicted molar refractivity (Wildman–Crippen MR) is 123 cm³/mol. The molecule has 0 aliphatic carbocycles. The fourth-order valence-corrected chi connectivity index (χ4v) is 5.66. The largest absolute Gasteiger partial charge is 0.327 e. The first-order chi connectivity index (χ1) is 14.2. The maximum absolute atomic E-state index is 12.6. The van der Waals surface area contributed by atoms with E-state index in [4.69, 9.17) is 4.98 Å². The van der Waals surface area contributed by atoms with Crippen molar-refractivity contribution < 1.29 is 9.69 Å². The van der Waals surface area contributed by atoms with Crippen LogP contribution in [0.3, 0.4) is 0 Å². The van der Waals surface area contributed by atoms with Crippen molar-refractivity contribution in [3.8, 4) is 0 Å². The standard InChI is InChI=1S/C23H25N3OS2/c1-2-15-28-20-9-5-3-7-18(20)24-22(27)16-26-13-11-17(12-14-26)23-25-19-8-4-6-10-21(19)29-23/h2-10,17H,1,11-16H2,(H,24,27)/p+1. The van der Waals surface area contributed by atoms with Gasteiger partial charge in [0, 0.05) is 29.4 Å².